The van der Waals surface area contributed by atoms with Crippen molar-refractivity contribution in [2.75, 3.05) is 24.2 Å². The first kappa shape index (κ1) is 23.4. The number of alkyl halides is 2. The lowest BCUT2D eigenvalue weighted by Gasteiger charge is -2.34. The van der Waals surface area contributed by atoms with E-state index >= 15 is 0 Å². The van der Waals surface area contributed by atoms with Gasteiger partial charge in [-0.3, -0.25) is 9.78 Å². The number of benzene rings is 1. The molecule has 2 aromatic heterocycles. The van der Waals surface area contributed by atoms with E-state index in [9.17, 15) is 22.0 Å². The van der Waals surface area contributed by atoms with Gasteiger partial charge in [0.25, 0.3) is 11.8 Å². The second-order valence-electron chi connectivity index (χ2n) is 9.16. The number of amides is 1. The summed E-state index contributed by atoms with van der Waals surface area (Å²) in [5.41, 5.74) is 4.05. The smallest absolute Gasteiger partial charge is 0.256 e. The minimum Gasteiger partial charge on any atom is -0.370 e. The van der Waals surface area contributed by atoms with Gasteiger partial charge in [0.05, 0.1) is 28.4 Å². The predicted molar refractivity (Wildman–Crippen MR) is 126 cm³/mol. The van der Waals surface area contributed by atoms with Gasteiger partial charge in [-0.1, -0.05) is 0 Å². The molecule has 5 rings (SSSR count). The van der Waals surface area contributed by atoms with Crippen LogP contribution < -0.4 is 4.90 Å². The molecule has 11 heteroatoms. The molecule has 1 amide bonds. The minimum absolute atomic E-state index is 0.0159. The molecule has 1 fully saturated rings. The average molecular weight is 502 g/mol. The minimum atomic E-state index is -3.56. The number of fused-ring (bicyclic) bond motifs is 1. The standard InChI is InChI=1S/C24H25F2N5O3S/c1-16-11-18(5-8-27-16)31-14-17-13-30(15-21(17)28-31)23(32)20-12-19(35(2,33)34)3-4-22(20)29-9-6-24(25,26)7-10-29/h3-5,8,11-12,14H,6-7,9-10,13,15H2,1-2H3. The Hall–Kier alpha value is -3.34. The maximum Gasteiger partial charge on any atom is 0.256 e. The Bertz CT molecular complexity index is 1390. The van der Waals surface area contributed by atoms with Crippen LogP contribution in [0.1, 0.15) is 40.2 Å². The van der Waals surface area contributed by atoms with Crippen LogP contribution in [0.3, 0.4) is 0 Å². The number of carbonyl (C=O) groups excluding carboxylic acids is 1. The van der Waals surface area contributed by atoms with Crippen molar-refractivity contribution in [3.63, 3.8) is 0 Å². The topological polar surface area (TPSA) is 88.4 Å². The van der Waals surface area contributed by atoms with Crippen molar-refractivity contribution >= 4 is 21.4 Å². The lowest BCUT2D eigenvalue weighted by molar-refractivity contribution is -0.0220. The molecule has 0 radical (unpaired) electrons. The quantitative estimate of drug-likeness (QED) is 0.545. The lowest BCUT2D eigenvalue weighted by atomic mass is 10.0. The van der Waals surface area contributed by atoms with Crippen molar-refractivity contribution in [3.05, 3.63) is 65.2 Å². The molecule has 8 nitrogen and oxygen atoms in total. The van der Waals surface area contributed by atoms with Crippen molar-refractivity contribution < 1.29 is 22.0 Å². The predicted octanol–water partition coefficient (Wildman–Crippen LogP) is 3.37. The summed E-state index contributed by atoms with van der Waals surface area (Å²) in [6.45, 7) is 2.66. The fraction of sp³-hybridized carbons (Fsp3) is 0.375. The second kappa shape index (κ2) is 8.40. The van der Waals surface area contributed by atoms with Crippen LogP contribution in [0, 0.1) is 6.92 Å². The molecule has 0 aliphatic carbocycles. The van der Waals surface area contributed by atoms with Gasteiger partial charge in [-0.25, -0.2) is 21.9 Å². The molecule has 0 unspecified atom stereocenters. The highest BCUT2D eigenvalue weighted by atomic mass is 32.2. The van der Waals surface area contributed by atoms with Crippen LogP contribution in [0.4, 0.5) is 14.5 Å². The average Bonchev–Trinajstić information content (AvgIpc) is 3.37. The number of pyridine rings is 1. The van der Waals surface area contributed by atoms with Crippen molar-refractivity contribution in [1.82, 2.24) is 19.7 Å². The van der Waals surface area contributed by atoms with E-state index in [0.29, 0.717) is 12.2 Å². The highest BCUT2D eigenvalue weighted by Gasteiger charge is 2.36. The van der Waals surface area contributed by atoms with E-state index in [1.165, 1.54) is 12.1 Å². The summed E-state index contributed by atoms with van der Waals surface area (Å²) in [4.78, 5) is 21.1. The SMILES string of the molecule is Cc1cc(-n2cc3c(n2)CN(C(=O)c2cc(S(C)(=O)=O)ccc2N2CCC(F)(F)CC2)C3)ccn1. The molecule has 0 bridgehead atoms. The maximum absolute atomic E-state index is 13.7. The Labute approximate surface area is 202 Å². The van der Waals surface area contributed by atoms with Crippen LogP contribution in [-0.2, 0) is 22.9 Å². The summed E-state index contributed by atoms with van der Waals surface area (Å²) in [5.74, 6) is -3.09. The first-order chi connectivity index (χ1) is 16.5. The molecule has 2 aliphatic rings. The Morgan fingerprint density at radius 2 is 1.83 bits per heavy atom. The summed E-state index contributed by atoms with van der Waals surface area (Å²) < 4.78 is 53.6. The zero-order chi connectivity index (χ0) is 25.0. The van der Waals surface area contributed by atoms with Gasteiger partial charge in [0.2, 0.25) is 0 Å². The number of anilines is 1. The number of nitrogens with zero attached hydrogens (tertiary/aromatic N) is 5. The third-order valence-electron chi connectivity index (χ3n) is 6.47. The third kappa shape index (κ3) is 4.64. The molecule has 2 aliphatic heterocycles. The van der Waals surface area contributed by atoms with Crippen LogP contribution in [0.25, 0.3) is 5.69 Å². The zero-order valence-corrected chi connectivity index (χ0v) is 20.2. The van der Waals surface area contributed by atoms with Crippen LogP contribution in [0.15, 0.2) is 47.6 Å². The van der Waals surface area contributed by atoms with Crippen molar-refractivity contribution in [2.24, 2.45) is 0 Å². The highest BCUT2D eigenvalue weighted by Crippen LogP contribution is 2.34. The number of piperidine rings is 1. The van der Waals surface area contributed by atoms with Crippen molar-refractivity contribution in [2.45, 2.75) is 43.7 Å². The van der Waals surface area contributed by atoms with Crippen LogP contribution in [0.5, 0.6) is 0 Å². The molecule has 1 aromatic carbocycles. The van der Waals surface area contributed by atoms with E-state index in [1.54, 1.807) is 26.7 Å². The zero-order valence-electron chi connectivity index (χ0n) is 19.4. The summed E-state index contributed by atoms with van der Waals surface area (Å²) in [6.07, 6.45) is 4.03. The largest absolute Gasteiger partial charge is 0.370 e. The van der Waals surface area contributed by atoms with Crippen LogP contribution >= 0.6 is 0 Å². The van der Waals surface area contributed by atoms with E-state index < -0.39 is 15.8 Å². The molecular weight excluding hydrogens is 476 g/mol. The molecular formula is C24H25F2N5O3S. The molecule has 35 heavy (non-hydrogen) atoms. The number of hydrogen-bond donors (Lipinski definition) is 0. The lowest BCUT2D eigenvalue weighted by Crippen LogP contribution is -2.40. The number of sulfone groups is 1. The van der Waals surface area contributed by atoms with E-state index in [-0.39, 0.29) is 48.8 Å². The van der Waals surface area contributed by atoms with Gasteiger partial charge < -0.3 is 9.80 Å². The monoisotopic (exact) mass is 501 g/mol. The number of aromatic nitrogens is 3. The van der Waals surface area contributed by atoms with Gasteiger partial charge in [0.1, 0.15) is 0 Å². The van der Waals surface area contributed by atoms with Crippen molar-refractivity contribution in [3.8, 4) is 5.69 Å². The van der Waals surface area contributed by atoms with Gasteiger partial charge >= 0.3 is 0 Å². The van der Waals surface area contributed by atoms with E-state index in [0.717, 1.165) is 28.9 Å². The Kier molecular flexibility index (Phi) is 5.62. The molecule has 0 atom stereocenters. The van der Waals surface area contributed by atoms with E-state index in [1.807, 2.05) is 25.3 Å². The molecule has 1 saturated heterocycles. The summed E-state index contributed by atoms with van der Waals surface area (Å²) in [5, 5.41) is 4.62. The summed E-state index contributed by atoms with van der Waals surface area (Å²) in [7, 11) is -3.56. The Balaban J connectivity index is 1.43. The Morgan fingerprint density at radius 3 is 2.49 bits per heavy atom. The van der Waals surface area contributed by atoms with E-state index in [2.05, 4.69) is 10.1 Å². The fourth-order valence-electron chi connectivity index (χ4n) is 4.54. The number of halogens is 2. The van der Waals surface area contributed by atoms with Gasteiger partial charge in [0.15, 0.2) is 9.84 Å². The number of rotatable bonds is 4. The third-order valence-corrected chi connectivity index (χ3v) is 7.58. The first-order valence-electron chi connectivity index (χ1n) is 11.3. The maximum atomic E-state index is 13.7. The van der Waals surface area contributed by atoms with Crippen LogP contribution in [-0.4, -0.2) is 59.3 Å². The van der Waals surface area contributed by atoms with Gasteiger partial charge in [-0.2, -0.15) is 5.10 Å². The van der Waals surface area contributed by atoms with Gasteiger partial charge in [-0.15, -0.1) is 0 Å². The molecule has 0 saturated carbocycles. The first-order valence-corrected chi connectivity index (χ1v) is 13.2. The fourth-order valence-corrected chi connectivity index (χ4v) is 5.19. The molecule has 184 valence electrons. The normalized spacial score (nSPS) is 17.5. The van der Waals surface area contributed by atoms with E-state index in [4.69, 9.17) is 0 Å². The number of hydrogen-bond acceptors (Lipinski definition) is 6. The molecule has 0 N–H and O–H groups in total. The van der Waals surface area contributed by atoms with Crippen molar-refractivity contribution in [1.29, 1.82) is 0 Å². The Morgan fingerprint density at radius 1 is 1.09 bits per heavy atom. The summed E-state index contributed by atoms with van der Waals surface area (Å²) >= 11 is 0. The van der Waals surface area contributed by atoms with Gasteiger partial charge in [0, 0.05) is 68.1 Å². The number of carbonyl (C=O) groups is 1. The molecule has 3 aromatic rings. The number of aryl methyl sites for hydroxylation is 1. The van der Waals surface area contributed by atoms with Crippen LogP contribution in [0.2, 0.25) is 0 Å². The van der Waals surface area contributed by atoms with Gasteiger partial charge in [-0.05, 0) is 37.3 Å². The second-order valence-corrected chi connectivity index (χ2v) is 11.2. The molecule has 0 spiro atoms. The molecule has 4 heterocycles. The summed E-state index contributed by atoms with van der Waals surface area (Å²) in [6, 6.07) is 8.10. The highest BCUT2D eigenvalue weighted by molar-refractivity contribution is 7.90.